The normalized spacial score (nSPS) is 11.2. The molecule has 98 valence electrons. The van der Waals surface area contributed by atoms with E-state index in [-0.39, 0.29) is 5.69 Å². The minimum Gasteiger partial charge on any atom is -0.399 e. The first-order valence-corrected chi connectivity index (χ1v) is 6.24. The van der Waals surface area contributed by atoms with Crippen molar-refractivity contribution < 1.29 is 18.0 Å². The summed E-state index contributed by atoms with van der Waals surface area (Å²) < 4.78 is 25.5. The van der Waals surface area contributed by atoms with Crippen LogP contribution in [0.2, 0.25) is 0 Å². The van der Waals surface area contributed by atoms with E-state index in [4.69, 9.17) is 17.2 Å². The number of anilines is 2. The van der Waals surface area contributed by atoms with Crippen LogP contribution >= 0.6 is 0 Å². The first-order valence-electron chi connectivity index (χ1n) is 4.70. The van der Waals surface area contributed by atoms with Crippen LogP contribution in [0.15, 0.2) is 24.3 Å². The molecule has 2 amide bonds. The van der Waals surface area contributed by atoms with Crippen LogP contribution in [-0.4, -0.2) is 25.5 Å². The molecule has 7 N–H and O–H groups in total. The third-order valence-electron chi connectivity index (χ3n) is 1.97. The Bertz CT molecular complexity index is 570. The first kappa shape index (κ1) is 13.8. The van der Waals surface area contributed by atoms with Gasteiger partial charge in [0.2, 0.25) is 17.1 Å². The van der Waals surface area contributed by atoms with Crippen molar-refractivity contribution >= 4 is 33.2 Å². The lowest BCUT2D eigenvalue weighted by Gasteiger charge is -2.13. The Kier molecular flexibility index (Phi) is 3.76. The first-order chi connectivity index (χ1) is 8.24. The minimum absolute atomic E-state index is 0.0995. The summed E-state index contributed by atoms with van der Waals surface area (Å²) in [6.07, 6.45) is 0. The lowest BCUT2D eigenvalue weighted by Crippen LogP contribution is -2.48. The van der Waals surface area contributed by atoms with Gasteiger partial charge >= 0.3 is 0 Å². The number of hydrogen-bond donors (Lipinski definition) is 4. The molecule has 0 spiro atoms. The van der Waals surface area contributed by atoms with E-state index in [1.165, 1.54) is 24.3 Å². The number of benzene rings is 1. The van der Waals surface area contributed by atoms with Crippen molar-refractivity contribution in [3.63, 3.8) is 0 Å². The predicted molar refractivity (Wildman–Crippen MR) is 65.6 cm³/mol. The van der Waals surface area contributed by atoms with Crippen LogP contribution in [0, 0.1) is 0 Å². The maximum Gasteiger partial charge on any atom is 0.254 e. The number of carbonyl (C=O) groups is 2. The minimum atomic E-state index is -4.35. The van der Waals surface area contributed by atoms with Gasteiger partial charge in [0.05, 0.1) is 5.69 Å². The molecule has 0 heterocycles. The smallest absolute Gasteiger partial charge is 0.254 e. The van der Waals surface area contributed by atoms with Gasteiger partial charge in [-0.05, 0) is 18.2 Å². The Morgan fingerprint density at radius 3 is 2.17 bits per heavy atom. The molecule has 9 heteroatoms. The van der Waals surface area contributed by atoms with Crippen molar-refractivity contribution in [2.45, 2.75) is 5.25 Å². The molecule has 0 aromatic heterocycles. The fourth-order valence-electron chi connectivity index (χ4n) is 1.27. The van der Waals surface area contributed by atoms with Crippen LogP contribution in [0.3, 0.4) is 0 Å². The number of hydrogen-bond acceptors (Lipinski definition) is 5. The highest BCUT2D eigenvalue weighted by Crippen LogP contribution is 2.15. The van der Waals surface area contributed by atoms with Gasteiger partial charge in [-0.15, -0.1) is 0 Å². The van der Waals surface area contributed by atoms with Crippen molar-refractivity contribution in [2.75, 3.05) is 10.5 Å². The third kappa shape index (κ3) is 3.10. The average molecular weight is 272 g/mol. The van der Waals surface area contributed by atoms with Gasteiger partial charge in [-0.3, -0.25) is 14.3 Å². The largest absolute Gasteiger partial charge is 0.399 e. The van der Waals surface area contributed by atoms with E-state index >= 15 is 0 Å². The zero-order valence-corrected chi connectivity index (χ0v) is 9.98. The van der Waals surface area contributed by atoms with Gasteiger partial charge in [-0.2, -0.15) is 0 Å². The number of sulfonamides is 1. The highest BCUT2D eigenvalue weighted by Gasteiger charge is 2.36. The maximum absolute atomic E-state index is 11.7. The molecule has 0 aliphatic carbocycles. The molecule has 0 bridgehead atoms. The van der Waals surface area contributed by atoms with E-state index in [2.05, 4.69) is 0 Å². The van der Waals surface area contributed by atoms with Crippen LogP contribution in [0.1, 0.15) is 0 Å². The molecule has 0 fully saturated rings. The molecule has 0 radical (unpaired) electrons. The summed E-state index contributed by atoms with van der Waals surface area (Å²) in [5.74, 6) is -2.70. The van der Waals surface area contributed by atoms with Gasteiger partial charge in [-0.25, -0.2) is 8.42 Å². The summed E-state index contributed by atoms with van der Waals surface area (Å²) in [7, 11) is -4.35. The fourth-order valence-corrected chi connectivity index (χ4v) is 2.46. The molecule has 0 aliphatic heterocycles. The van der Waals surface area contributed by atoms with Crippen LogP contribution in [0.4, 0.5) is 11.4 Å². The summed E-state index contributed by atoms with van der Waals surface area (Å²) >= 11 is 0. The van der Waals surface area contributed by atoms with Gasteiger partial charge < -0.3 is 17.2 Å². The Balaban J connectivity index is 3.08. The Labute approximate surface area is 103 Å². The van der Waals surface area contributed by atoms with Crippen LogP contribution in [0.25, 0.3) is 0 Å². The lowest BCUT2D eigenvalue weighted by molar-refractivity contribution is -0.125. The van der Waals surface area contributed by atoms with Gasteiger partial charge in [0.25, 0.3) is 10.0 Å². The molecule has 0 atom stereocenters. The zero-order valence-electron chi connectivity index (χ0n) is 9.16. The molecular formula is C9H12N4O4S. The van der Waals surface area contributed by atoms with Gasteiger partial charge in [0, 0.05) is 5.69 Å². The summed E-state index contributed by atoms with van der Waals surface area (Å²) in [6, 6.07) is 5.75. The molecule has 1 rings (SSSR count). The molecule has 0 unspecified atom stereocenters. The van der Waals surface area contributed by atoms with E-state index in [9.17, 15) is 18.0 Å². The number of nitrogen functional groups attached to an aromatic ring is 1. The van der Waals surface area contributed by atoms with Gasteiger partial charge in [-0.1, -0.05) is 6.07 Å². The van der Waals surface area contributed by atoms with Crippen LogP contribution in [-0.2, 0) is 19.6 Å². The Morgan fingerprint density at radius 1 is 1.17 bits per heavy atom. The summed E-state index contributed by atoms with van der Waals surface area (Å²) in [4.78, 5) is 21.8. The molecule has 0 aliphatic rings. The SMILES string of the molecule is NC(=O)C(C(N)=O)S(=O)(=O)Nc1cccc(N)c1. The Morgan fingerprint density at radius 2 is 1.72 bits per heavy atom. The molecule has 18 heavy (non-hydrogen) atoms. The summed E-state index contributed by atoms with van der Waals surface area (Å²) in [6.45, 7) is 0. The van der Waals surface area contributed by atoms with Gasteiger partial charge in [0.1, 0.15) is 0 Å². The molecule has 1 aromatic rings. The number of amides is 2. The number of rotatable bonds is 5. The molecule has 8 nitrogen and oxygen atoms in total. The van der Waals surface area contributed by atoms with Crippen LogP contribution < -0.4 is 21.9 Å². The maximum atomic E-state index is 11.7. The van der Waals surface area contributed by atoms with Crippen molar-refractivity contribution in [1.29, 1.82) is 0 Å². The average Bonchev–Trinajstić information content (AvgIpc) is 2.13. The van der Waals surface area contributed by atoms with Crippen LogP contribution in [0.5, 0.6) is 0 Å². The molecule has 0 saturated carbocycles. The quantitative estimate of drug-likeness (QED) is 0.373. The van der Waals surface area contributed by atoms with E-state index in [1.54, 1.807) is 0 Å². The zero-order chi connectivity index (χ0) is 13.9. The predicted octanol–water partition coefficient (Wildman–Crippen LogP) is -1.65. The third-order valence-corrected chi connectivity index (χ3v) is 3.58. The number of carbonyl (C=O) groups excluding carboxylic acids is 2. The van der Waals surface area contributed by atoms with Crippen molar-refractivity contribution in [3.05, 3.63) is 24.3 Å². The topological polar surface area (TPSA) is 158 Å². The molecular weight excluding hydrogens is 260 g/mol. The fraction of sp³-hybridized carbons (Fsp3) is 0.111. The highest BCUT2D eigenvalue weighted by molar-refractivity contribution is 7.94. The van der Waals surface area contributed by atoms with Crippen molar-refractivity contribution in [1.82, 2.24) is 0 Å². The second-order valence-electron chi connectivity index (χ2n) is 3.46. The second-order valence-corrected chi connectivity index (χ2v) is 5.22. The second kappa shape index (κ2) is 4.92. The Hall–Kier alpha value is -2.29. The molecule has 0 saturated heterocycles. The van der Waals surface area contributed by atoms with E-state index < -0.39 is 27.1 Å². The van der Waals surface area contributed by atoms with E-state index in [1.807, 2.05) is 4.72 Å². The van der Waals surface area contributed by atoms with Crippen molar-refractivity contribution in [3.8, 4) is 0 Å². The lowest BCUT2D eigenvalue weighted by atomic mass is 10.3. The standard InChI is InChI=1S/C9H12N4O4S/c10-5-2-1-3-6(4-5)13-18(16,17)7(8(11)14)9(12)15/h1-4,7,13H,10H2,(H2,11,14)(H2,12,15). The van der Waals surface area contributed by atoms with Crippen molar-refractivity contribution in [2.24, 2.45) is 11.5 Å². The van der Waals surface area contributed by atoms with Gasteiger partial charge in [0.15, 0.2) is 0 Å². The summed E-state index contributed by atoms with van der Waals surface area (Å²) in [5.41, 5.74) is 15.5. The summed E-state index contributed by atoms with van der Waals surface area (Å²) in [5, 5.41) is -2.14. The monoisotopic (exact) mass is 272 g/mol. The van der Waals surface area contributed by atoms with E-state index in [0.29, 0.717) is 5.69 Å². The number of nitrogens with one attached hydrogen (secondary N) is 1. The van der Waals surface area contributed by atoms with E-state index in [0.717, 1.165) is 0 Å². The molecule has 1 aromatic carbocycles. The number of primary amides is 2. The highest BCUT2D eigenvalue weighted by atomic mass is 32.2. The number of nitrogens with two attached hydrogens (primary N) is 3.